The van der Waals surface area contributed by atoms with Gasteiger partial charge in [-0.05, 0) is 38.1 Å². The summed E-state index contributed by atoms with van der Waals surface area (Å²) in [5, 5.41) is -0.00267. The zero-order chi connectivity index (χ0) is 24.1. The number of benzene rings is 2. The van der Waals surface area contributed by atoms with Crippen molar-refractivity contribution in [2.45, 2.75) is 19.9 Å². The minimum Gasteiger partial charge on any atom is -0.462 e. The first kappa shape index (κ1) is 21.9. The fourth-order valence-electron chi connectivity index (χ4n) is 4.00. The molecule has 2 aromatic heterocycles. The molecule has 1 atom stereocenters. The number of hydrogen-bond acceptors (Lipinski definition) is 7. The smallest absolute Gasteiger partial charge is 0.350 e. The fraction of sp³-hybridized carbons (Fsp3) is 0.167. The Labute approximate surface area is 195 Å². The number of carbonyl (C=O) groups excluding carboxylic acids is 2. The normalized spacial score (nSPS) is 15.1. The van der Waals surface area contributed by atoms with Gasteiger partial charge in [-0.15, -0.1) is 0 Å². The van der Waals surface area contributed by atoms with E-state index in [1.54, 1.807) is 19.9 Å². The maximum absolute atomic E-state index is 15.0. The molecule has 0 fully saturated rings. The first-order chi connectivity index (χ1) is 16.3. The van der Waals surface area contributed by atoms with Gasteiger partial charge in [0, 0.05) is 5.56 Å². The number of hydrogen-bond donors (Lipinski definition) is 0. The highest BCUT2D eigenvalue weighted by Gasteiger charge is 2.46. The van der Waals surface area contributed by atoms with Crippen LogP contribution in [-0.4, -0.2) is 23.5 Å². The van der Waals surface area contributed by atoms with Crippen molar-refractivity contribution in [3.63, 3.8) is 0 Å². The number of ether oxygens (including phenoxy) is 1. The third kappa shape index (κ3) is 3.29. The summed E-state index contributed by atoms with van der Waals surface area (Å²) in [7, 11) is 0. The molecule has 5 rings (SSSR count). The lowest BCUT2D eigenvalue weighted by Gasteiger charge is -2.22. The van der Waals surface area contributed by atoms with Crippen LogP contribution < -0.4 is 10.3 Å². The first-order valence-electron chi connectivity index (χ1n) is 10.3. The molecule has 2 aromatic carbocycles. The van der Waals surface area contributed by atoms with Gasteiger partial charge in [0.15, 0.2) is 10.6 Å². The number of rotatable bonds is 4. The van der Waals surface area contributed by atoms with Crippen molar-refractivity contribution in [2.24, 2.45) is 0 Å². The number of carbonyl (C=O) groups is 2. The van der Waals surface area contributed by atoms with Crippen LogP contribution in [0.4, 0.5) is 13.9 Å². The average molecular weight is 482 g/mol. The van der Waals surface area contributed by atoms with Gasteiger partial charge in [-0.2, -0.15) is 0 Å². The summed E-state index contributed by atoms with van der Waals surface area (Å²) in [6.45, 7) is 3.40. The van der Waals surface area contributed by atoms with Crippen LogP contribution in [0.15, 0.2) is 51.7 Å². The average Bonchev–Trinajstić information content (AvgIpc) is 3.32. The molecule has 0 N–H and O–H groups in total. The zero-order valence-electron chi connectivity index (χ0n) is 17.9. The van der Waals surface area contributed by atoms with Gasteiger partial charge in [0.25, 0.3) is 5.91 Å². The monoisotopic (exact) mass is 482 g/mol. The lowest BCUT2D eigenvalue weighted by Crippen LogP contribution is -2.30. The molecule has 0 unspecified atom stereocenters. The molecule has 4 aromatic rings. The van der Waals surface area contributed by atoms with Crippen LogP contribution >= 0.6 is 11.3 Å². The summed E-state index contributed by atoms with van der Waals surface area (Å²) in [5.74, 6) is -2.93. The molecule has 1 aliphatic heterocycles. The van der Waals surface area contributed by atoms with Gasteiger partial charge in [0.05, 0.1) is 23.3 Å². The molecule has 34 heavy (non-hydrogen) atoms. The van der Waals surface area contributed by atoms with Crippen LogP contribution in [0.1, 0.15) is 50.0 Å². The number of nitrogens with zero attached hydrogens (tertiary/aromatic N) is 2. The molecule has 0 radical (unpaired) electrons. The highest BCUT2D eigenvalue weighted by atomic mass is 32.1. The largest absolute Gasteiger partial charge is 0.462 e. The molecule has 1 amide bonds. The number of halogens is 2. The summed E-state index contributed by atoms with van der Waals surface area (Å²) in [5.41, 5.74) is -0.406. The number of fused-ring (bicyclic) bond motifs is 2. The lowest BCUT2D eigenvalue weighted by atomic mass is 9.98. The van der Waals surface area contributed by atoms with Gasteiger partial charge in [-0.25, -0.2) is 18.6 Å². The van der Waals surface area contributed by atoms with Crippen LogP contribution in [0.5, 0.6) is 0 Å². The van der Waals surface area contributed by atoms with Crippen molar-refractivity contribution in [2.75, 3.05) is 11.5 Å². The van der Waals surface area contributed by atoms with E-state index in [0.717, 1.165) is 28.4 Å². The number of thiazole rings is 1. The van der Waals surface area contributed by atoms with Crippen molar-refractivity contribution in [1.82, 2.24) is 4.98 Å². The Kier molecular flexibility index (Phi) is 5.24. The summed E-state index contributed by atoms with van der Waals surface area (Å²) in [6.07, 6.45) is 0. The van der Waals surface area contributed by atoms with Crippen LogP contribution in [0.2, 0.25) is 0 Å². The van der Waals surface area contributed by atoms with Crippen molar-refractivity contribution in [1.29, 1.82) is 0 Å². The number of amides is 1. The van der Waals surface area contributed by atoms with E-state index in [9.17, 15) is 23.2 Å². The second-order valence-corrected chi connectivity index (χ2v) is 8.52. The van der Waals surface area contributed by atoms with Crippen LogP contribution in [0.3, 0.4) is 0 Å². The molecule has 0 saturated carbocycles. The molecule has 0 aliphatic carbocycles. The first-order valence-corrected chi connectivity index (χ1v) is 11.1. The van der Waals surface area contributed by atoms with E-state index in [2.05, 4.69) is 4.98 Å². The van der Waals surface area contributed by atoms with Crippen molar-refractivity contribution >= 4 is 39.3 Å². The Balaban J connectivity index is 1.77. The topological polar surface area (TPSA) is 89.7 Å². The highest BCUT2D eigenvalue weighted by Crippen LogP contribution is 2.43. The second-order valence-electron chi connectivity index (χ2n) is 7.55. The maximum atomic E-state index is 15.0. The van der Waals surface area contributed by atoms with E-state index in [1.807, 2.05) is 0 Å². The van der Waals surface area contributed by atoms with E-state index < -0.39 is 35.0 Å². The quantitative estimate of drug-likeness (QED) is 0.390. The number of aryl methyl sites for hydroxylation is 1. The maximum Gasteiger partial charge on any atom is 0.350 e. The summed E-state index contributed by atoms with van der Waals surface area (Å²) >= 11 is 0.889. The number of aromatic nitrogens is 1. The van der Waals surface area contributed by atoms with E-state index >= 15 is 0 Å². The zero-order valence-corrected chi connectivity index (χ0v) is 18.7. The van der Waals surface area contributed by atoms with E-state index in [4.69, 9.17) is 9.15 Å². The third-order valence-corrected chi connectivity index (χ3v) is 6.62. The van der Waals surface area contributed by atoms with Gasteiger partial charge in [0.2, 0.25) is 5.76 Å². The molecular formula is C24H16F2N2O5S. The van der Waals surface area contributed by atoms with Gasteiger partial charge in [0.1, 0.15) is 28.1 Å². The number of anilines is 1. The van der Waals surface area contributed by atoms with Crippen molar-refractivity contribution in [3.05, 3.63) is 91.8 Å². The Morgan fingerprint density at radius 1 is 1.21 bits per heavy atom. The Morgan fingerprint density at radius 3 is 2.71 bits per heavy atom. The molecule has 10 heteroatoms. The molecule has 3 heterocycles. The van der Waals surface area contributed by atoms with Crippen LogP contribution in [0, 0.1) is 18.6 Å². The Morgan fingerprint density at radius 2 is 1.97 bits per heavy atom. The second kappa shape index (κ2) is 8.14. The summed E-state index contributed by atoms with van der Waals surface area (Å²) in [4.78, 5) is 44.9. The molecule has 1 aliphatic rings. The minimum absolute atomic E-state index is 0.0233. The van der Waals surface area contributed by atoms with Crippen LogP contribution in [-0.2, 0) is 4.74 Å². The number of esters is 1. The molecule has 0 spiro atoms. The summed E-state index contributed by atoms with van der Waals surface area (Å²) in [6, 6.07) is 7.84. The molecule has 172 valence electrons. The van der Waals surface area contributed by atoms with Crippen molar-refractivity contribution in [3.8, 4) is 0 Å². The minimum atomic E-state index is -1.23. The molecule has 7 nitrogen and oxygen atoms in total. The summed E-state index contributed by atoms with van der Waals surface area (Å²) < 4.78 is 39.6. The van der Waals surface area contributed by atoms with E-state index in [-0.39, 0.29) is 44.5 Å². The fourth-order valence-corrected chi connectivity index (χ4v) is 4.99. The predicted molar refractivity (Wildman–Crippen MR) is 120 cm³/mol. The van der Waals surface area contributed by atoms with Gasteiger partial charge in [-0.1, -0.05) is 29.5 Å². The Hall–Kier alpha value is -3.92. The van der Waals surface area contributed by atoms with Gasteiger partial charge < -0.3 is 9.15 Å². The SMILES string of the molecule is CCOC(=O)c1sc(N2C(=O)c3oc4ccc(F)cc4c(=O)c3[C@@H]2c2ccccc2F)nc1C. The molecular weight excluding hydrogens is 466 g/mol. The van der Waals surface area contributed by atoms with Gasteiger partial charge >= 0.3 is 5.97 Å². The van der Waals surface area contributed by atoms with E-state index in [1.165, 1.54) is 24.3 Å². The van der Waals surface area contributed by atoms with Gasteiger partial charge in [-0.3, -0.25) is 14.5 Å². The standard InChI is InChI=1S/C24H16F2N2O5S/c1-3-32-23(31)21-11(2)27-24(34-21)28-18(13-6-4-5-7-15(13)26)17-19(29)14-10-12(25)8-9-16(14)33-20(17)22(28)30/h4-10,18H,3H2,1-2H3/t18-/m0/s1. The predicted octanol–water partition coefficient (Wildman–Crippen LogP) is 4.76. The van der Waals surface area contributed by atoms with E-state index in [0.29, 0.717) is 5.69 Å². The highest BCUT2D eigenvalue weighted by molar-refractivity contribution is 7.17. The van der Waals surface area contributed by atoms with Crippen LogP contribution in [0.25, 0.3) is 11.0 Å². The lowest BCUT2D eigenvalue weighted by molar-refractivity contribution is 0.0531. The molecule has 0 saturated heterocycles. The third-order valence-electron chi connectivity index (χ3n) is 5.48. The molecule has 0 bridgehead atoms. The Bertz CT molecular complexity index is 1540. The van der Waals surface area contributed by atoms with Crippen molar-refractivity contribution < 1.29 is 27.5 Å².